The Balaban J connectivity index is 0.00000420. The zero-order valence-corrected chi connectivity index (χ0v) is 16.7. The van der Waals surface area contributed by atoms with E-state index >= 15 is 0 Å². The first-order valence-corrected chi connectivity index (χ1v) is 10.8. The third-order valence-electron chi connectivity index (χ3n) is 3.32. The molecule has 2 heterocycles. The molecule has 2 atom stereocenters. The molecule has 1 aromatic heterocycles. The molecule has 0 saturated carbocycles. The Morgan fingerprint density at radius 1 is 1.59 bits per heavy atom. The summed E-state index contributed by atoms with van der Waals surface area (Å²) < 4.78 is 32.3. The number of oxime groups is 1. The van der Waals surface area contributed by atoms with Gasteiger partial charge in [0.2, 0.25) is 6.41 Å². The van der Waals surface area contributed by atoms with Crippen LogP contribution in [-0.4, -0.2) is 107 Å². The second-order valence-electron chi connectivity index (χ2n) is 5.09. The molecule has 0 aliphatic carbocycles. The van der Waals surface area contributed by atoms with Crippen LogP contribution in [0.25, 0.3) is 0 Å². The van der Waals surface area contributed by atoms with Crippen molar-refractivity contribution >= 4 is 92.0 Å². The average Bonchev–Trinajstić information content (AvgIpc) is 3.04. The molecule has 156 valence electrons. The van der Waals surface area contributed by atoms with Crippen molar-refractivity contribution in [1.82, 2.24) is 19.9 Å². The quantitative estimate of drug-likeness (QED) is 0.0527. The zero-order chi connectivity index (χ0) is 20.9. The van der Waals surface area contributed by atoms with E-state index in [0.29, 0.717) is 6.41 Å². The summed E-state index contributed by atoms with van der Waals surface area (Å²) in [7, 11) is -3.61. The fourth-order valence-electron chi connectivity index (χ4n) is 2.18. The molecule has 2 unspecified atom stereocenters. The van der Waals surface area contributed by atoms with Gasteiger partial charge in [0, 0.05) is 17.7 Å². The number of hydrogen-bond acceptors (Lipinski definition) is 11. The molecule has 1 fully saturated rings. The van der Waals surface area contributed by atoms with Gasteiger partial charge in [0.25, 0.3) is 11.8 Å². The summed E-state index contributed by atoms with van der Waals surface area (Å²) in [6.07, 6.45) is 0.458. The maximum atomic E-state index is 12.5. The first kappa shape index (κ1) is 25.6. The van der Waals surface area contributed by atoms with E-state index in [1.165, 1.54) is 12.5 Å². The molecule has 1 aliphatic heterocycles. The van der Waals surface area contributed by atoms with Crippen LogP contribution >= 0.6 is 23.1 Å². The molecule has 17 heteroatoms. The summed E-state index contributed by atoms with van der Waals surface area (Å²) in [5, 5.41) is 8.82. The van der Waals surface area contributed by atoms with Crippen molar-refractivity contribution in [2.45, 2.75) is 11.4 Å². The number of nitrogen functional groups attached to an aromatic ring is 1. The standard InChI is InChI=1S/C12H16N6O7S3.Na.H/c1-25-17-7(6-4-27-12(13)15-6)9(20)16-8-10(21)18(28(22,23)24)11(8)26-3-2-14-5-19;;/h4-5,8,11H,2-3H2,1H3,(H2,13,15)(H,14,19)(H,16,20)(H,22,23,24);;. The van der Waals surface area contributed by atoms with E-state index in [0.717, 1.165) is 23.1 Å². The normalized spacial score (nSPS) is 19.0. The second-order valence-corrected chi connectivity index (χ2v) is 8.49. The Morgan fingerprint density at radius 2 is 2.28 bits per heavy atom. The molecule has 13 nitrogen and oxygen atoms in total. The first-order valence-electron chi connectivity index (χ1n) is 7.43. The van der Waals surface area contributed by atoms with E-state index in [2.05, 4.69) is 25.6 Å². The Labute approximate surface area is 196 Å². The number of anilines is 1. The van der Waals surface area contributed by atoms with Crippen LogP contribution in [0.4, 0.5) is 5.13 Å². The van der Waals surface area contributed by atoms with E-state index in [1.54, 1.807) is 0 Å². The van der Waals surface area contributed by atoms with E-state index in [1.807, 2.05) is 0 Å². The van der Waals surface area contributed by atoms with Gasteiger partial charge in [0.05, 0.1) is 0 Å². The number of carbonyl (C=O) groups excluding carboxylic acids is 3. The number of nitrogens with one attached hydrogen (secondary N) is 2. The van der Waals surface area contributed by atoms with Gasteiger partial charge < -0.3 is 21.2 Å². The molecule has 1 saturated heterocycles. The third kappa shape index (κ3) is 6.27. The van der Waals surface area contributed by atoms with Crippen LogP contribution in [0.1, 0.15) is 5.69 Å². The molecule has 1 aliphatic rings. The molecular formula is C12H17N6NaO7S3. The van der Waals surface area contributed by atoms with Crippen LogP contribution in [0.15, 0.2) is 10.5 Å². The Morgan fingerprint density at radius 3 is 2.79 bits per heavy atom. The predicted molar refractivity (Wildman–Crippen MR) is 108 cm³/mol. The minimum atomic E-state index is -4.82. The first-order chi connectivity index (χ1) is 13.2. The minimum absolute atomic E-state index is 0. The molecule has 0 bridgehead atoms. The summed E-state index contributed by atoms with van der Waals surface area (Å²) in [6.45, 7) is 0.188. The maximum absolute atomic E-state index is 12.5. The van der Waals surface area contributed by atoms with Crippen LogP contribution in [0.3, 0.4) is 0 Å². The number of β-lactam (4-membered cyclic amide) rings is 1. The van der Waals surface area contributed by atoms with Gasteiger partial charge in [0.1, 0.15) is 24.2 Å². The van der Waals surface area contributed by atoms with Crippen molar-refractivity contribution in [3.8, 4) is 0 Å². The Bertz CT molecular complexity index is 892. The number of aromatic nitrogens is 1. The molecular weight excluding hydrogens is 459 g/mol. The zero-order valence-electron chi connectivity index (χ0n) is 14.3. The summed E-state index contributed by atoms with van der Waals surface area (Å²) in [5.74, 6) is -1.65. The van der Waals surface area contributed by atoms with Gasteiger partial charge in [-0.1, -0.05) is 5.16 Å². The molecule has 0 radical (unpaired) electrons. The number of rotatable bonds is 10. The average molecular weight is 476 g/mol. The summed E-state index contributed by atoms with van der Waals surface area (Å²) in [4.78, 5) is 43.5. The summed E-state index contributed by atoms with van der Waals surface area (Å²) >= 11 is 2.00. The number of nitrogens with zero attached hydrogens (tertiary/aromatic N) is 3. The van der Waals surface area contributed by atoms with Gasteiger partial charge in [-0.15, -0.1) is 23.1 Å². The number of thioether (sulfide) groups is 1. The summed E-state index contributed by atoms with van der Waals surface area (Å²) in [6, 6.07) is -1.26. The predicted octanol–water partition coefficient (Wildman–Crippen LogP) is -2.64. The fourth-order valence-corrected chi connectivity index (χ4v) is 5.05. The number of carbonyl (C=O) groups is 3. The Kier molecular flexibility index (Phi) is 9.80. The van der Waals surface area contributed by atoms with Crippen molar-refractivity contribution < 1.29 is 32.2 Å². The molecule has 1 aromatic rings. The van der Waals surface area contributed by atoms with E-state index in [9.17, 15) is 27.4 Å². The van der Waals surface area contributed by atoms with E-state index in [4.69, 9.17) is 5.73 Å². The van der Waals surface area contributed by atoms with Gasteiger partial charge in [-0.25, -0.2) is 4.98 Å². The number of nitrogens with two attached hydrogens (primary N) is 1. The van der Waals surface area contributed by atoms with Gasteiger partial charge in [-0.3, -0.25) is 18.9 Å². The molecule has 0 spiro atoms. The van der Waals surface area contributed by atoms with Crippen molar-refractivity contribution in [3.05, 3.63) is 11.1 Å². The van der Waals surface area contributed by atoms with Gasteiger partial charge in [-0.2, -0.15) is 12.7 Å². The molecule has 5 N–H and O–H groups in total. The van der Waals surface area contributed by atoms with Crippen LogP contribution in [0, 0.1) is 0 Å². The second kappa shape index (κ2) is 11.1. The monoisotopic (exact) mass is 476 g/mol. The van der Waals surface area contributed by atoms with Gasteiger partial charge >= 0.3 is 39.9 Å². The molecule has 3 amide bonds. The summed E-state index contributed by atoms with van der Waals surface area (Å²) in [5.41, 5.74) is 5.38. The van der Waals surface area contributed by atoms with Crippen LogP contribution in [-0.2, 0) is 29.5 Å². The van der Waals surface area contributed by atoms with Crippen LogP contribution in [0.5, 0.6) is 0 Å². The van der Waals surface area contributed by atoms with Gasteiger partial charge in [-0.05, 0) is 0 Å². The number of hydrogen-bond donors (Lipinski definition) is 4. The number of thiazole rings is 1. The SMILES string of the molecule is CON=C(C(=O)NC1C(=O)N(S(=O)(=O)O)C1SCCNC=O)c1csc(N)n1.[NaH]. The van der Waals surface area contributed by atoms with Crippen molar-refractivity contribution in [2.24, 2.45) is 5.16 Å². The van der Waals surface area contributed by atoms with E-state index in [-0.39, 0.29) is 62.7 Å². The van der Waals surface area contributed by atoms with Crippen LogP contribution < -0.4 is 16.4 Å². The molecule has 0 aromatic carbocycles. The van der Waals surface area contributed by atoms with Crippen molar-refractivity contribution in [1.29, 1.82) is 0 Å². The number of amides is 3. The third-order valence-corrected chi connectivity index (χ3v) is 6.29. The van der Waals surface area contributed by atoms with Crippen molar-refractivity contribution in [2.75, 3.05) is 25.1 Å². The van der Waals surface area contributed by atoms with Crippen molar-refractivity contribution in [3.63, 3.8) is 0 Å². The molecule has 2 rings (SSSR count). The van der Waals surface area contributed by atoms with E-state index < -0.39 is 33.5 Å². The Hall–Kier alpha value is -1.43. The molecule has 29 heavy (non-hydrogen) atoms. The van der Waals surface area contributed by atoms with Gasteiger partial charge in [0.15, 0.2) is 10.8 Å². The van der Waals surface area contributed by atoms with Crippen LogP contribution in [0.2, 0.25) is 0 Å². The fraction of sp³-hybridized carbons (Fsp3) is 0.417. The topological polar surface area (TPSA) is 193 Å².